The van der Waals surface area contributed by atoms with Gasteiger partial charge in [0.05, 0.1) is 0 Å². The molecule has 0 radical (unpaired) electrons. The molecule has 0 saturated carbocycles. The number of benzene rings is 2. The largest absolute Gasteiger partial charge is 0.484 e. The van der Waals surface area contributed by atoms with Crippen molar-refractivity contribution in [1.82, 2.24) is 14.7 Å². The van der Waals surface area contributed by atoms with Gasteiger partial charge in [-0.3, -0.25) is 14.6 Å². The van der Waals surface area contributed by atoms with Gasteiger partial charge >= 0.3 is 0 Å². The molecule has 2 aliphatic heterocycles. The van der Waals surface area contributed by atoms with Crippen molar-refractivity contribution in [2.24, 2.45) is 0 Å². The number of carbonyl (C=O) groups excluding carboxylic acids is 1. The summed E-state index contributed by atoms with van der Waals surface area (Å²) in [5.41, 5.74) is 1.19. The lowest BCUT2D eigenvalue weighted by Gasteiger charge is -2.34. The summed E-state index contributed by atoms with van der Waals surface area (Å²) >= 11 is 22.5. The predicted octanol–water partition coefficient (Wildman–Crippen LogP) is 5.64. The van der Waals surface area contributed by atoms with E-state index in [2.05, 4.69) is 15.9 Å². The van der Waals surface area contributed by atoms with Gasteiger partial charge in [-0.1, -0.05) is 17.7 Å². The van der Waals surface area contributed by atoms with E-state index in [9.17, 15) is 4.79 Å². The molecule has 2 heterocycles. The molecular weight excluding hydrogens is 631 g/mol. The van der Waals surface area contributed by atoms with Crippen LogP contribution in [0.3, 0.4) is 0 Å². The summed E-state index contributed by atoms with van der Waals surface area (Å²) in [7, 11) is 0. The number of rotatable bonds is 11. The van der Waals surface area contributed by atoms with Crippen molar-refractivity contribution in [3.63, 3.8) is 0 Å². The van der Waals surface area contributed by atoms with Crippen LogP contribution in [0.15, 0.2) is 42.5 Å². The molecule has 39 heavy (non-hydrogen) atoms. The third kappa shape index (κ3) is 12.6. The lowest BCUT2D eigenvalue weighted by Crippen LogP contribution is -2.49. The van der Waals surface area contributed by atoms with E-state index in [1.807, 2.05) is 17.0 Å². The highest BCUT2D eigenvalue weighted by atomic mass is 35.5. The number of nitrogens with zero attached hydrogens (tertiary/aromatic N) is 3. The van der Waals surface area contributed by atoms with Gasteiger partial charge in [0.2, 0.25) is 6.79 Å². The molecule has 4 rings (SSSR count). The van der Waals surface area contributed by atoms with Gasteiger partial charge in [0, 0.05) is 75.0 Å². The molecule has 0 spiro atoms. The highest BCUT2D eigenvalue weighted by Gasteiger charge is 2.22. The zero-order valence-corrected chi connectivity index (χ0v) is 26.2. The number of halogens is 6. The van der Waals surface area contributed by atoms with E-state index in [-0.39, 0.29) is 44.1 Å². The van der Waals surface area contributed by atoms with Gasteiger partial charge in [-0.15, -0.1) is 59.6 Å². The Hall–Kier alpha value is -1.03. The summed E-state index contributed by atoms with van der Waals surface area (Å²) in [5, 5.41) is 0.646. The number of alkyl halides is 3. The molecule has 0 bridgehead atoms. The average Bonchev–Trinajstić information content (AvgIpc) is 3.38. The topological polar surface area (TPSA) is 54.5 Å². The Kier molecular flexibility index (Phi) is 18.4. The van der Waals surface area contributed by atoms with Crippen molar-refractivity contribution in [3.05, 3.63) is 53.1 Å². The van der Waals surface area contributed by atoms with Crippen LogP contribution in [0.2, 0.25) is 5.02 Å². The first-order valence-corrected chi connectivity index (χ1v) is 14.2. The van der Waals surface area contributed by atoms with Gasteiger partial charge in [0.15, 0.2) is 18.1 Å². The number of hydrogen-bond acceptors (Lipinski definition) is 6. The maximum atomic E-state index is 12.4. The molecule has 0 aliphatic carbocycles. The molecule has 2 aliphatic rings. The molecule has 0 unspecified atom stereocenters. The highest BCUT2D eigenvalue weighted by molar-refractivity contribution is 6.30. The Labute approximate surface area is 263 Å². The van der Waals surface area contributed by atoms with Gasteiger partial charge in [-0.25, -0.2) is 0 Å². The summed E-state index contributed by atoms with van der Waals surface area (Å²) in [5.74, 6) is 4.20. The van der Waals surface area contributed by atoms with Crippen molar-refractivity contribution >= 4 is 77.1 Å². The third-order valence-corrected chi connectivity index (χ3v) is 6.71. The lowest BCUT2D eigenvalue weighted by molar-refractivity contribution is -0.135. The SMILES string of the molecule is Cl.Cl.ClCCN(CCCl)CCCl.O=C(COc1ccc(Cl)cc1)N1CCN(Cc2ccc3c(c2)OCO3)CC1. The maximum absolute atomic E-state index is 12.4. The van der Waals surface area contributed by atoms with Crippen LogP contribution in [-0.2, 0) is 11.3 Å². The Bertz CT molecular complexity index is 951. The first-order chi connectivity index (χ1) is 18.0. The van der Waals surface area contributed by atoms with Crippen LogP contribution >= 0.6 is 71.2 Å². The summed E-state index contributed by atoms with van der Waals surface area (Å²) in [4.78, 5) is 18.7. The number of hydrogen-bond donors (Lipinski definition) is 0. The van der Waals surface area contributed by atoms with E-state index in [1.165, 1.54) is 5.56 Å². The lowest BCUT2D eigenvalue weighted by atomic mass is 10.1. The second kappa shape index (κ2) is 19.9. The second-order valence-corrected chi connectivity index (χ2v) is 10.1. The van der Waals surface area contributed by atoms with E-state index in [0.29, 0.717) is 41.5 Å². The number of ether oxygens (including phenoxy) is 3. The molecule has 2 aromatic carbocycles. The minimum absolute atomic E-state index is 0. The van der Waals surface area contributed by atoms with E-state index in [4.69, 9.17) is 60.6 Å². The van der Waals surface area contributed by atoms with Gasteiger partial charge in [-0.05, 0) is 42.0 Å². The quantitative estimate of drug-likeness (QED) is 0.290. The van der Waals surface area contributed by atoms with Crippen LogP contribution in [0.1, 0.15) is 5.56 Å². The summed E-state index contributed by atoms with van der Waals surface area (Å²) < 4.78 is 16.3. The normalized spacial score (nSPS) is 14.1. The third-order valence-electron chi connectivity index (χ3n) is 5.95. The first-order valence-electron chi connectivity index (χ1n) is 12.2. The molecule has 13 heteroatoms. The maximum Gasteiger partial charge on any atom is 0.260 e. The summed E-state index contributed by atoms with van der Waals surface area (Å²) in [6.07, 6.45) is 0. The standard InChI is InChI=1S/C20H21ClN2O4.C6H12Cl3N.2ClH/c21-16-2-4-17(5-3-16)25-13-20(24)23-9-7-22(8-10-23)12-15-1-6-18-19(11-15)27-14-26-18;7-1-4-10(5-2-8)6-3-9;;/h1-6,11H,7-10,12-14H2;1-6H2;2*1H. The van der Waals surface area contributed by atoms with Crippen LogP contribution in [0.4, 0.5) is 0 Å². The number of amides is 1. The molecule has 1 amide bonds. The minimum atomic E-state index is 0. The second-order valence-electron chi connectivity index (χ2n) is 8.50. The molecule has 1 saturated heterocycles. The number of piperazine rings is 1. The van der Waals surface area contributed by atoms with E-state index >= 15 is 0 Å². The van der Waals surface area contributed by atoms with Crippen LogP contribution < -0.4 is 14.2 Å². The Morgan fingerprint density at radius 1 is 0.846 bits per heavy atom. The van der Waals surface area contributed by atoms with Crippen molar-refractivity contribution in [2.45, 2.75) is 6.54 Å². The smallest absolute Gasteiger partial charge is 0.260 e. The zero-order chi connectivity index (χ0) is 26.5. The fourth-order valence-corrected chi connectivity index (χ4v) is 4.76. The number of carbonyl (C=O) groups is 1. The summed E-state index contributed by atoms with van der Waals surface area (Å²) in [6.45, 7) is 6.87. The molecule has 2 aromatic rings. The van der Waals surface area contributed by atoms with Crippen LogP contribution in [0, 0.1) is 0 Å². The fourth-order valence-electron chi connectivity index (χ4n) is 3.91. The molecule has 0 N–H and O–H groups in total. The molecule has 220 valence electrons. The Morgan fingerprint density at radius 2 is 1.44 bits per heavy atom. The van der Waals surface area contributed by atoms with Gasteiger partial charge in [0.1, 0.15) is 5.75 Å². The predicted molar refractivity (Wildman–Crippen MR) is 164 cm³/mol. The van der Waals surface area contributed by atoms with E-state index in [1.54, 1.807) is 24.3 Å². The van der Waals surface area contributed by atoms with Gasteiger partial charge in [-0.2, -0.15) is 0 Å². The molecular formula is C26H35Cl6N3O4. The first kappa shape index (κ1) is 36.0. The van der Waals surface area contributed by atoms with Crippen molar-refractivity contribution in [1.29, 1.82) is 0 Å². The molecule has 1 fully saturated rings. The molecule has 7 nitrogen and oxygen atoms in total. The summed E-state index contributed by atoms with van der Waals surface area (Å²) in [6, 6.07) is 13.1. The van der Waals surface area contributed by atoms with Crippen LogP contribution in [-0.4, -0.2) is 97.5 Å². The van der Waals surface area contributed by atoms with Gasteiger partial charge < -0.3 is 19.1 Å². The average molecular weight is 666 g/mol. The Balaban J connectivity index is 0.000000548. The fraction of sp³-hybridized carbons (Fsp3) is 0.500. The minimum Gasteiger partial charge on any atom is -0.484 e. The van der Waals surface area contributed by atoms with Crippen molar-refractivity contribution in [2.75, 3.05) is 76.9 Å². The Morgan fingerprint density at radius 3 is 2.03 bits per heavy atom. The van der Waals surface area contributed by atoms with Crippen LogP contribution in [0.25, 0.3) is 0 Å². The molecule has 0 aromatic heterocycles. The van der Waals surface area contributed by atoms with Crippen LogP contribution in [0.5, 0.6) is 17.2 Å². The van der Waals surface area contributed by atoms with Crippen molar-refractivity contribution in [3.8, 4) is 17.2 Å². The zero-order valence-electron chi connectivity index (χ0n) is 21.5. The van der Waals surface area contributed by atoms with Gasteiger partial charge in [0.25, 0.3) is 5.91 Å². The number of fused-ring (bicyclic) bond motifs is 1. The van der Waals surface area contributed by atoms with Crippen molar-refractivity contribution < 1.29 is 19.0 Å². The van der Waals surface area contributed by atoms with E-state index in [0.717, 1.165) is 50.8 Å². The highest BCUT2D eigenvalue weighted by Crippen LogP contribution is 2.32. The van der Waals surface area contributed by atoms with E-state index < -0.39 is 0 Å². The molecule has 0 atom stereocenters. The monoisotopic (exact) mass is 663 g/mol.